The third-order valence-electron chi connectivity index (χ3n) is 3.19. The molecule has 2 rings (SSSR count). The van der Waals surface area contributed by atoms with E-state index in [9.17, 15) is 0 Å². The van der Waals surface area contributed by atoms with Crippen LogP contribution in [-0.4, -0.2) is 25.5 Å². The first-order chi connectivity index (χ1) is 8.88. The average Bonchev–Trinajstić information content (AvgIpc) is 2.91. The number of ether oxygens (including phenoxy) is 1. The van der Waals surface area contributed by atoms with Gasteiger partial charge in [-0.05, 0) is 43.0 Å². The lowest BCUT2D eigenvalue weighted by atomic mass is 10.2. The van der Waals surface area contributed by atoms with Crippen LogP contribution in [0.2, 0.25) is 0 Å². The van der Waals surface area contributed by atoms with Gasteiger partial charge in [-0.2, -0.15) is 0 Å². The van der Waals surface area contributed by atoms with Crippen LogP contribution in [0.25, 0.3) is 0 Å². The maximum absolute atomic E-state index is 5.40. The number of nitrogens with one attached hydrogen (secondary N) is 1. The van der Waals surface area contributed by atoms with Gasteiger partial charge in [0.25, 0.3) is 0 Å². The first-order valence-corrected chi connectivity index (χ1v) is 7.87. The summed E-state index contributed by atoms with van der Waals surface area (Å²) in [5.74, 6) is 1.94. The molecule has 0 radical (unpaired) electrons. The summed E-state index contributed by atoms with van der Waals surface area (Å²) >= 11 is 1.95. The lowest BCUT2D eigenvalue weighted by Gasteiger charge is -2.08. The van der Waals surface area contributed by atoms with Crippen LogP contribution in [-0.2, 0) is 11.3 Å². The second kappa shape index (κ2) is 7.82. The van der Waals surface area contributed by atoms with Crippen molar-refractivity contribution in [1.29, 1.82) is 0 Å². The Balaban J connectivity index is 1.72. The van der Waals surface area contributed by atoms with Crippen molar-refractivity contribution in [1.82, 2.24) is 5.32 Å². The molecule has 1 aliphatic heterocycles. The molecule has 1 aromatic carbocycles. The maximum atomic E-state index is 5.40. The van der Waals surface area contributed by atoms with E-state index in [-0.39, 0.29) is 0 Å². The fourth-order valence-electron chi connectivity index (χ4n) is 2.04. The topological polar surface area (TPSA) is 21.3 Å². The fourth-order valence-corrected chi connectivity index (χ4v) is 3.06. The van der Waals surface area contributed by atoms with Gasteiger partial charge in [0.15, 0.2) is 0 Å². The molecule has 3 heteroatoms. The molecule has 0 aromatic heterocycles. The molecule has 1 atom stereocenters. The molecule has 0 spiro atoms. The normalized spacial score (nSPS) is 19.3. The van der Waals surface area contributed by atoms with Crippen molar-refractivity contribution in [3.63, 3.8) is 0 Å². The van der Waals surface area contributed by atoms with Gasteiger partial charge in [-0.1, -0.05) is 19.1 Å². The van der Waals surface area contributed by atoms with Gasteiger partial charge in [-0.3, -0.25) is 0 Å². The van der Waals surface area contributed by atoms with Gasteiger partial charge in [0.05, 0.1) is 6.61 Å². The van der Waals surface area contributed by atoms with Gasteiger partial charge in [0, 0.05) is 23.8 Å². The molecule has 0 amide bonds. The summed E-state index contributed by atoms with van der Waals surface area (Å²) in [6, 6.07) is 8.94. The first kappa shape index (κ1) is 13.9. The zero-order valence-corrected chi connectivity index (χ0v) is 12.0. The standard InChI is InChI=1S/C15H23NOS/c1-2-8-16-10-13-3-5-15(6-4-13)18-12-14-7-9-17-11-14/h3-6,14,16H,2,7-12H2,1H3. The number of hydrogen-bond acceptors (Lipinski definition) is 3. The third-order valence-corrected chi connectivity index (χ3v) is 4.43. The van der Waals surface area contributed by atoms with Gasteiger partial charge >= 0.3 is 0 Å². The highest BCUT2D eigenvalue weighted by molar-refractivity contribution is 7.99. The van der Waals surface area contributed by atoms with Crippen molar-refractivity contribution < 1.29 is 4.74 Å². The van der Waals surface area contributed by atoms with E-state index in [1.54, 1.807) is 0 Å². The summed E-state index contributed by atoms with van der Waals surface area (Å²) < 4.78 is 5.40. The molecule has 100 valence electrons. The highest BCUT2D eigenvalue weighted by Gasteiger charge is 2.15. The predicted octanol–water partition coefficient (Wildman–Crippen LogP) is 3.31. The summed E-state index contributed by atoms with van der Waals surface area (Å²) in [7, 11) is 0. The minimum absolute atomic E-state index is 0.751. The molecular weight excluding hydrogens is 242 g/mol. The Morgan fingerprint density at radius 2 is 2.17 bits per heavy atom. The highest BCUT2D eigenvalue weighted by atomic mass is 32.2. The molecule has 1 fully saturated rings. The summed E-state index contributed by atoms with van der Waals surface area (Å²) in [4.78, 5) is 1.38. The van der Waals surface area contributed by atoms with Crippen molar-refractivity contribution in [3.8, 4) is 0 Å². The Kier molecular flexibility index (Phi) is 6.05. The van der Waals surface area contributed by atoms with Crippen LogP contribution >= 0.6 is 11.8 Å². The SMILES string of the molecule is CCCNCc1ccc(SCC2CCOC2)cc1. The van der Waals surface area contributed by atoms with Crippen LogP contribution < -0.4 is 5.32 Å². The largest absolute Gasteiger partial charge is 0.381 e. The quantitative estimate of drug-likeness (QED) is 0.603. The van der Waals surface area contributed by atoms with Crippen LogP contribution in [0.1, 0.15) is 25.3 Å². The van der Waals surface area contributed by atoms with Crippen molar-refractivity contribution in [2.24, 2.45) is 5.92 Å². The van der Waals surface area contributed by atoms with E-state index in [1.807, 2.05) is 11.8 Å². The van der Waals surface area contributed by atoms with E-state index in [1.165, 1.54) is 29.1 Å². The maximum Gasteiger partial charge on any atom is 0.0503 e. The Morgan fingerprint density at radius 3 is 2.83 bits per heavy atom. The molecule has 18 heavy (non-hydrogen) atoms. The molecule has 1 heterocycles. The second-order valence-electron chi connectivity index (χ2n) is 4.86. The molecule has 1 unspecified atom stereocenters. The zero-order chi connectivity index (χ0) is 12.6. The van der Waals surface area contributed by atoms with Gasteiger partial charge < -0.3 is 10.1 Å². The number of benzene rings is 1. The average molecular weight is 265 g/mol. The van der Waals surface area contributed by atoms with Gasteiger partial charge in [0.2, 0.25) is 0 Å². The fraction of sp³-hybridized carbons (Fsp3) is 0.600. The van der Waals surface area contributed by atoms with E-state index < -0.39 is 0 Å². The lowest BCUT2D eigenvalue weighted by Crippen LogP contribution is -2.13. The molecular formula is C15H23NOS. The molecule has 0 saturated carbocycles. The zero-order valence-electron chi connectivity index (χ0n) is 11.2. The van der Waals surface area contributed by atoms with Crippen LogP contribution in [0.15, 0.2) is 29.2 Å². The molecule has 1 aliphatic rings. The molecule has 0 bridgehead atoms. The minimum Gasteiger partial charge on any atom is -0.381 e. The number of thioether (sulfide) groups is 1. The summed E-state index contributed by atoms with van der Waals surface area (Å²) in [5.41, 5.74) is 1.37. The molecule has 1 saturated heterocycles. The van der Waals surface area contributed by atoms with Gasteiger partial charge in [-0.15, -0.1) is 11.8 Å². The van der Waals surface area contributed by atoms with E-state index in [0.29, 0.717) is 0 Å². The van der Waals surface area contributed by atoms with Crippen molar-refractivity contribution in [3.05, 3.63) is 29.8 Å². The van der Waals surface area contributed by atoms with Crippen LogP contribution in [0.4, 0.5) is 0 Å². The Bertz CT molecular complexity index is 333. The van der Waals surface area contributed by atoms with Crippen LogP contribution in [0.5, 0.6) is 0 Å². The number of rotatable bonds is 7. The van der Waals surface area contributed by atoms with E-state index in [4.69, 9.17) is 4.74 Å². The lowest BCUT2D eigenvalue weighted by molar-refractivity contribution is 0.189. The molecule has 1 N–H and O–H groups in total. The smallest absolute Gasteiger partial charge is 0.0503 e. The van der Waals surface area contributed by atoms with Crippen molar-refractivity contribution >= 4 is 11.8 Å². The Hall–Kier alpha value is -0.510. The Labute approximate surface area is 114 Å². The highest BCUT2D eigenvalue weighted by Crippen LogP contribution is 2.24. The van der Waals surface area contributed by atoms with Gasteiger partial charge in [-0.25, -0.2) is 0 Å². The summed E-state index contributed by atoms with van der Waals surface area (Å²) in [6.45, 7) is 6.17. The van der Waals surface area contributed by atoms with E-state index in [2.05, 4.69) is 36.5 Å². The summed E-state index contributed by atoms with van der Waals surface area (Å²) in [5, 5.41) is 3.42. The van der Waals surface area contributed by atoms with Crippen LogP contribution in [0.3, 0.4) is 0 Å². The molecule has 2 nitrogen and oxygen atoms in total. The minimum atomic E-state index is 0.751. The second-order valence-corrected chi connectivity index (χ2v) is 5.95. The van der Waals surface area contributed by atoms with Gasteiger partial charge in [0.1, 0.15) is 0 Å². The Morgan fingerprint density at radius 1 is 1.33 bits per heavy atom. The van der Waals surface area contributed by atoms with E-state index in [0.717, 1.165) is 32.2 Å². The summed E-state index contributed by atoms with van der Waals surface area (Å²) in [6.07, 6.45) is 2.42. The van der Waals surface area contributed by atoms with Crippen LogP contribution in [0, 0.1) is 5.92 Å². The van der Waals surface area contributed by atoms with Crippen molar-refractivity contribution in [2.45, 2.75) is 31.2 Å². The van der Waals surface area contributed by atoms with E-state index >= 15 is 0 Å². The predicted molar refractivity (Wildman–Crippen MR) is 78.1 cm³/mol. The molecule has 1 aromatic rings. The first-order valence-electron chi connectivity index (χ1n) is 6.88. The monoisotopic (exact) mass is 265 g/mol. The molecule has 0 aliphatic carbocycles. The number of hydrogen-bond donors (Lipinski definition) is 1. The third kappa shape index (κ3) is 4.63. The van der Waals surface area contributed by atoms with Crippen molar-refractivity contribution in [2.75, 3.05) is 25.5 Å².